The van der Waals surface area contributed by atoms with E-state index in [2.05, 4.69) is 4.98 Å². The van der Waals surface area contributed by atoms with Crippen LogP contribution in [-0.4, -0.2) is 49.7 Å². The number of aliphatic hydroxyl groups excluding tert-OH is 1. The van der Waals surface area contributed by atoms with Crippen molar-refractivity contribution in [1.82, 2.24) is 19.0 Å². The van der Waals surface area contributed by atoms with Crippen molar-refractivity contribution >= 4 is 27.5 Å². The Morgan fingerprint density at radius 2 is 2.10 bits per heavy atom. The quantitative estimate of drug-likeness (QED) is 0.686. The molecule has 9 heteroatoms. The van der Waals surface area contributed by atoms with Crippen molar-refractivity contribution in [2.75, 3.05) is 19.7 Å². The van der Waals surface area contributed by atoms with E-state index in [4.69, 9.17) is 0 Å². The number of piperidine rings is 1. The van der Waals surface area contributed by atoms with Crippen LogP contribution in [0.5, 0.6) is 0 Å². The fourth-order valence-corrected chi connectivity index (χ4v) is 5.51. The molecule has 1 fully saturated rings. The van der Waals surface area contributed by atoms with Crippen molar-refractivity contribution in [3.05, 3.63) is 62.4 Å². The number of fused-ring (bicyclic) bond motifs is 5. The van der Waals surface area contributed by atoms with Crippen LogP contribution in [0.4, 0.5) is 0 Å². The highest BCUT2D eigenvalue weighted by Gasteiger charge is 2.41. The number of carbonyl (C=O) groups is 1. The summed E-state index contributed by atoms with van der Waals surface area (Å²) < 4.78 is 3.59. The van der Waals surface area contributed by atoms with E-state index in [1.807, 2.05) is 11.4 Å². The van der Waals surface area contributed by atoms with Crippen molar-refractivity contribution in [1.29, 1.82) is 0 Å². The van der Waals surface area contributed by atoms with Crippen molar-refractivity contribution in [3.63, 3.8) is 0 Å². The van der Waals surface area contributed by atoms with Gasteiger partial charge < -0.3 is 14.6 Å². The van der Waals surface area contributed by atoms with Gasteiger partial charge in [0.05, 0.1) is 24.5 Å². The van der Waals surface area contributed by atoms with Gasteiger partial charge in [-0.2, -0.15) is 0 Å². The van der Waals surface area contributed by atoms with E-state index in [0.29, 0.717) is 23.3 Å². The van der Waals surface area contributed by atoms with Gasteiger partial charge >= 0.3 is 0 Å². The molecule has 0 radical (unpaired) electrons. The van der Waals surface area contributed by atoms with E-state index in [1.165, 1.54) is 28.3 Å². The van der Waals surface area contributed by atoms with Gasteiger partial charge in [-0.05, 0) is 23.9 Å². The number of nitrogens with zero attached hydrogens (tertiary/aromatic N) is 4. The van der Waals surface area contributed by atoms with E-state index in [1.54, 1.807) is 21.6 Å². The Kier molecular flexibility index (Phi) is 4.36. The molecule has 2 aliphatic rings. The standard InChI is InChI=1S/C20H20N4O4S/c25-10-16-13-6-12(15-2-1-3-17(26)24(15)16)7-22(8-13)18(27)9-23-11-21-14-4-5-29-19(14)20(23)28/h1-5,11-13,16,25H,6-10H2/t12-,13+,16+/m1/s1. The Balaban J connectivity index is 1.43. The van der Waals surface area contributed by atoms with Gasteiger partial charge in [0.25, 0.3) is 11.1 Å². The lowest BCUT2D eigenvalue weighted by atomic mass is 9.78. The zero-order valence-electron chi connectivity index (χ0n) is 15.6. The number of aliphatic hydroxyl groups is 1. The normalized spacial score (nSPS) is 23.2. The molecule has 1 amide bonds. The second kappa shape index (κ2) is 6.93. The van der Waals surface area contributed by atoms with Gasteiger partial charge in [-0.1, -0.05) is 6.07 Å². The van der Waals surface area contributed by atoms with Crippen LogP contribution in [0.25, 0.3) is 10.2 Å². The van der Waals surface area contributed by atoms with Crippen molar-refractivity contribution in [2.45, 2.75) is 24.9 Å². The molecule has 8 nitrogen and oxygen atoms in total. The summed E-state index contributed by atoms with van der Waals surface area (Å²) in [5.41, 5.74) is 1.19. The molecular formula is C20H20N4O4S. The molecule has 150 valence electrons. The zero-order valence-corrected chi connectivity index (χ0v) is 16.4. The number of likely N-dealkylation sites (tertiary alicyclic amines) is 1. The average molecular weight is 412 g/mol. The van der Waals surface area contributed by atoms with Crippen LogP contribution < -0.4 is 11.1 Å². The highest BCUT2D eigenvalue weighted by atomic mass is 32.1. The van der Waals surface area contributed by atoms with E-state index in [-0.39, 0.29) is 48.1 Å². The van der Waals surface area contributed by atoms with Gasteiger partial charge in [0.2, 0.25) is 5.91 Å². The monoisotopic (exact) mass is 412 g/mol. The number of carbonyl (C=O) groups excluding carboxylic acids is 1. The van der Waals surface area contributed by atoms with Crippen LogP contribution in [0.1, 0.15) is 24.1 Å². The third kappa shape index (κ3) is 2.92. The van der Waals surface area contributed by atoms with Crippen molar-refractivity contribution < 1.29 is 9.90 Å². The number of thiophene rings is 1. The fourth-order valence-electron chi connectivity index (χ4n) is 4.72. The Morgan fingerprint density at radius 1 is 1.24 bits per heavy atom. The molecule has 0 saturated carbocycles. The summed E-state index contributed by atoms with van der Waals surface area (Å²) in [5.74, 6) is -0.100. The summed E-state index contributed by atoms with van der Waals surface area (Å²) in [5, 5.41) is 11.7. The molecule has 0 unspecified atom stereocenters. The van der Waals surface area contributed by atoms with Gasteiger partial charge in [0.15, 0.2) is 0 Å². The fraction of sp³-hybridized carbons (Fsp3) is 0.400. The Bertz CT molecular complexity index is 1210. The van der Waals surface area contributed by atoms with Gasteiger partial charge in [-0.3, -0.25) is 19.0 Å². The predicted molar refractivity (Wildman–Crippen MR) is 108 cm³/mol. The molecule has 29 heavy (non-hydrogen) atoms. The smallest absolute Gasteiger partial charge is 0.271 e. The molecule has 3 aromatic rings. The third-order valence-electron chi connectivity index (χ3n) is 6.08. The predicted octanol–water partition coefficient (Wildman–Crippen LogP) is 0.799. The van der Waals surface area contributed by atoms with Gasteiger partial charge in [-0.25, -0.2) is 4.98 Å². The first-order chi connectivity index (χ1) is 14.1. The zero-order chi connectivity index (χ0) is 20.1. The second-order valence-corrected chi connectivity index (χ2v) is 8.63. The molecule has 3 atom stereocenters. The Hall–Kier alpha value is -2.78. The maximum absolute atomic E-state index is 13.0. The van der Waals surface area contributed by atoms with Gasteiger partial charge in [0, 0.05) is 36.7 Å². The minimum atomic E-state index is -0.336. The van der Waals surface area contributed by atoms with E-state index in [0.717, 1.165) is 12.1 Å². The summed E-state index contributed by atoms with van der Waals surface area (Å²) in [4.78, 5) is 44.0. The first kappa shape index (κ1) is 18.3. The van der Waals surface area contributed by atoms with Crippen LogP contribution >= 0.6 is 11.3 Å². The summed E-state index contributed by atoms with van der Waals surface area (Å²) in [7, 11) is 0. The lowest BCUT2D eigenvalue weighted by molar-refractivity contribution is -0.135. The SMILES string of the molecule is O=C(Cn1cnc2ccsc2c1=O)N1C[C@H]2C[C@@H](C1)[C@H](CO)n1c2cccc1=O. The largest absolute Gasteiger partial charge is 0.394 e. The van der Waals surface area contributed by atoms with E-state index in [9.17, 15) is 19.5 Å². The van der Waals surface area contributed by atoms with Crippen molar-refractivity contribution in [3.8, 4) is 0 Å². The highest BCUT2D eigenvalue weighted by Crippen LogP contribution is 2.40. The summed E-state index contributed by atoms with van der Waals surface area (Å²) >= 11 is 1.32. The van der Waals surface area contributed by atoms with Crippen LogP contribution in [0.15, 0.2) is 45.6 Å². The molecule has 0 spiro atoms. The lowest BCUT2D eigenvalue weighted by Crippen LogP contribution is -2.52. The first-order valence-electron chi connectivity index (χ1n) is 9.59. The molecule has 5 heterocycles. The first-order valence-corrected chi connectivity index (χ1v) is 10.5. The van der Waals surface area contributed by atoms with Crippen LogP contribution in [-0.2, 0) is 11.3 Å². The number of aromatic nitrogens is 3. The van der Waals surface area contributed by atoms with Crippen LogP contribution in [0.2, 0.25) is 0 Å². The van der Waals surface area contributed by atoms with Crippen molar-refractivity contribution in [2.24, 2.45) is 5.92 Å². The number of rotatable bonds is 3. The van der Waals surface area contributed by atoms with Gasteiger partial charge in [0.1, 0.15) is 11.2 Å². The summed E-state index contributed by atoms with van der Waals surface area (Å²) in [6, 6.07) is 6.59. The molecule has 2 bridgehead atoms. The number of amides is 1. The average Bonchev–Trinajstić information content (AvgIpc) is 3.20. The number of hydrogen-bond acceptors (Lipinski definition) is 6. The maximum Gasteiger partial charge on any atom is 0.271 e. The minimum absolute atomic E-state index is 0.00456. The third-order valence-corrected chi connectivity index (χ3v) is 6.97. The minimum Gasteiger partial charge on any atom is -0.394 e. The molecule has 0 aromatic carbocycles. The molecule has 5 rings (SSSR count). The molecule has 3 aromatic heterocycles. The van der Waals surface area contributed by atoms with E-state index >= 15 is 0 Å². The second-order valence-electron chi connectivity index (χ2n) is 7.71. The highest BCUT2D eigenvalue weighted by molar-refractivity contribution is 7.17. The maximum atomic E-state index is 13.0. The number of pyridine rings is 1. The Morgan fingerprint density at radius 3 is 2.93 bits per heavy atom. The topological polar surface area (TPSA) is 97.4 Å². The molecule has 2 aliphatic heterocycles. The molecule has 1 N–H and O–H groups in total. The molecule has 0 aliphatic carbocycles. The lowest BCUT2D eigenvalue weighted by Gasteiger charge is -2.46. The van der Waals surface area contributed by atoms with Crippen LogP contribution in [0, 0.1) is 5.92 Å². The Labute approximate surface area is 169 Å². The summed E-state index contributed by atoms with van der Waals surface area (Å²) in [6.07, 6.45) is 2.26. The molecule has 1 saturated heterocycles. The summed E-state index contributed by atoms with van der Waals surface area (Å²) in [6.45, 7) is 0.754. The number of hydrogen-bond donors (Lipinski definition) is 1. The van der Waals surface area contributed by atoms with Crippen LogP contribution in [0.3, 0.4) is 0 Å². The molecular weight excluding hydrogens is 392 g/mol. The van der Waals surface area contributed by atoms with E-state index < -0.39 is 0 Å². The van der Waals surface area contributed by atoms with Gasteiger partial charge in [-0.15, -0.1) is 11.3 Å².